The van der Waals surface area contributed by atoms with Gasteiger partial charge in [-0.05, 0) is 24.6 Å². The summed E-state index contributed by atoms with van der Waals surface area (Å²) in [5, 5.41) is 3.55. The van der Waals surface area contributed by atoms with Gasteiger partial charge in [-0.2, -0.15) is 0 Å². The first-order chi connectivity index (χ1) is 9.66. The van der Waals surface area contributed by atoms with Crippen molar-refractivity contribution >= 4 is 5.69 Å². The van der Waals surface area contributed by atoms with Crippen molar-refractivity contribution in [1.82, 2.24) is 10.2 Å². The molecule has 1 atom stereocenters. The maximum absolute atomic E-state index is 5.39. The van der Waals surface area contributed by atoms with Crippen LogP contribution in [0, 0.1) is 0 Å². The van der Waals surface area contributed by atoms with Crippen molar-refractivity contribution in [3.63, 3.8) is 0 Å². The Bertz CT molecular complexity index is 385. The van der Waals surface area contributed by atoms with Crippen molar-refractivity contribution in [2.24, 2.45) is 0 Å². The van der Waals surface area contributed by atoms with Crippen LogP contribution >= 0.6 is 0 Å². The Morgan fingerprint density at radius 1 is 1.20 bits per heavy atom. The molecule has 1 saturated heterocycles. The second kappa shape index (κ2) is 7.62. The standard InChI is InChI=1S/C16H27N3O/c1-14(19-8-10-20-11-9-19)12-17-13-15-4-6-16(7-5-15)18(2)3/h4-7,14,17H,8-13H2,1-3H3. The normalized spacial score (nSPS) is 17.9. The van der Waals surface area contributed by atoms with E-state index >= 15 is 0 Å². The van der Waals surface area contributed by atoms with Gasteiger partial charge in [-0.1, -0.05) is 12.1 Å². The van der Waals surface area contributed by atoms with Gasteiger partial charge in [0.25, 0.3) is 0 Å². The van der Waals surface area contributed by atoms with Crippen LogP contribution in [-0.4, -0.2) is 57.9 Å². The molecule has 1 N–H and O–H groups in total. The van der Waals surface area contributed by atoms with Crippen LogP contribution < -0.4 is 10.2 Å². The van der Waals surface area contributed by atoms with Crippen LogP contribution in [0.15, 0.2) is 24.3 Å². The fourth-order valence-corrected chi connectivity index (χ4v) is 2.48. The van der Waals surface area contributed by atoms with Gasteiger partial charge < -0.3 is 15.0 Å². The molecule has 112 valence electrons. The Balaban J connectivity index is 1.72. The summed E-state index contributed by atoms with van der Waals surface area (Å²) in [7, 11) is 4.13. The molecule has 20 heavy (non-hydrogen) atoms. The summed E-state index contributed by atoms with van der Waals surface area (Å²) in [6.45, 7) is 8.10. The smallest absolute Gasteiger partial charge is 0.0594 e. The molecular formula is C16H27N3O. The topological polar surface area (TPSA) is 27.7 Å². The predicted molar refractivity (Wildman–Crippen MR) is 84.3 cm³/mol. The summed E-state index contributed by atoms with van der Waals surface area (Å²) in [6, 6.07) is 9.30. The van der Waals surface area contributed by atoms with Crippen LogP contribution in [0.1, 0.15) is 12.5 Å². The number of morpholine rings is 1. The molecule has 0 amide bonds. The van der Waals surface area contributed by atoms with E-state index in [1.165, 1.54) is 11.3 Å². The number of nitrogens with zero attached hydrogens (tertiary/aromatic N) is 2. The summed E-state index contributed by atoms with van der Waals surface area (Å²) < 4.78 is 5.39. The minimum absolute atomic E-state index is 0.569. The maximum Gasteiger partial charge on any atom is 0.0594 e. The number of hydrogen-bond acceptors (Lipinski definition) is 4. The molecule has 1 aliphatic heterocycles. The van der Waals surface area contributed by atoms with E-state index in [1.807, 2.05) is 0 Å². The predicted octanol–water partition coefficient (Wildman–Crippen LogP) is 1.56. The Hall–Kier alpha value is -1.10. The molecule has 0 bridgehead atoms. The van der Waals surface area contributed by atoms with Crippen LogP contribution in [0.5, 0.6) is 0 Å². The first-order valence-electron chi connectivity index (χ1n) is 7.45. The van der Waals surface area contributed by atoms with Gasteiger partial charge in [0.05, 0.1) is 13.2 Å². The molecule has 1 fully saturated rings. The highest BCUT2D eigenvalue weighted by atomic mass is 16.5. The third-order valence-corrected chi connectivity index (χ3v) is 3.89. The molecule has 1 aliphatic rings. The van der Waals surface area contributed by atoms with E-state index < -0.39 is 0 Å². The second-order valence-corrected chi connectivity index (χ2v) is 5.69. The third-order valence-electron chi connectivity index (χ3n) is 3.89. The van der Waals surface area contributed by atoms with Crippen LogP contribution in [0.4, 0.5) is 5.69 Å². The molecule has 0 aromatic heterocycles. The van der Waals surface area contributed by atoms with E-state index in [0.29, 0.717) is 6.04 Å². The van der Waals surface area contributed by atoms with Crippen molar-refractivity contribution in [3.8, 4) is 0 Å². The summed E-state index contributed by atoms with van der Waals surface area (Å²) >= 11 is 0. The minimum Gasteiger partial charge on any atom is -0.379 e. The van der Waals surface area contributed by atoms with Crippen molar-refractivity contribution < 1.29 is 4.74 Å². The molecule has 0 radical (unpaired) electrons. The Morgan fingerprint density at radius 3 is 2.45 bits per heavy atom. The molecule has 1 aromatic carbocycles. The third kappa shape index (κ3) is 4.47. The molecule has 2 rings (SSSR count). The summed E-state index contributed by atoms with van der Waals surface area (Å²) in [5.74, 6) is 0. The van der Waals surface area contributed by atoms with Crippen LogP contribution in [0.25, 0.3) is 0 Å². The Kier molecular flexibility index (Phi) is 5.83. The molecule has 4 nitrogen and oxygen atoms in total. The molecule has 1 unspecified atom stereocenters. The highest BCUT2D eigenvalue weighted by Gasteiger charge is 2.16. The lowest BCUT2D eigenvalue weighted by molar-refractivity contribution is 0.0203. The van der Waals surface area contributed by atoms with Crippen molar-refractivity contribution in [2.75, 3.05) is 51.8 Å². The van der Waals surface area contributed by atoms with Gasteiger partial charge in [-0.15, -0.1) is 0 Å². The van der Waals surface area contributed by atoms with Gasteiger partial charge >= 0.3 is 0 Å². The largest absolute Gasteiger partial charge is 0.379 e. The van der Waals surface area contributed by atoms with Gasteiger partial charge in [0.2, 0.25) is 0 Å². The van der Waals surface area contributed by atoms with Gasteiger partial charge in [0.1, 0.15) is 0 Å². The number of ether oxygens (including phenoxy) is 1. The molecular weight excluding hydrogens is 250 g/mol. The summed E-state index contributed by atoms with van der Waals surface area (Å²) in [6.07, 6.45) is 0. The highest BCUT2D eigenvalue weighted by molar-refractivity contribution is 5.45. The number of benzene rings is 1. The number of rotatable bonds is 6. The molecule has 1 heterocycles. The monoisotopic (exact) mass is 277 g/mol. The fourth-order valence-electron chi connectivity index (χ4n) is 2.48. The zero-order valence-corrected chi connectivity index (χ0v) is 12.9. The Morgan fingerprint density at radius 2 is 1.85 bits per heavy atom. The van der Waals surface area contributed by atoms with Crippen molar-refractivity contribution in [1.29, 1.82) is 0 Å². The van der Waals surface area contributed by atoms with Crippen molar-refractivity contribution in [3.05, 3.63) is 29.8 Å². The van der Waals surface area contributed by atoms with E-state index in [-0.39, 0.29) is 0 Å². The zero-order valence-electron chi connectivity index (χ0n) is 12.9. The molecule has 1 aromatic rings. The van der Waals surface area contributed by atoms with Crippen LogP contribution in [-0.2, 0) is 11.3 Å². The van der Waals surface area contributed by atoms with E-state index in [0.717, 1.165) is 39.4 Å². The lowest BCUT2D eigenvalue weighted by Crippen LogP contribution is -2.46. The quantitative estimate of drug-likeness (QED) is 0.854. The summed E-state index contributed by atoms with van der Waals surface area (Å²) in [5.41, 5.74) is 2.58. The second-order valence-electron chi connectivity index (χ2n) is 5.69. The number of hydrogen-bond donors (Lipinski definition) is 1. The molecule has 0 saturated carbocycles. The van der Waals surface area contributed by atoms with Gasteiger partial charge in [-0.25, -0.2) is 0 Å². The lowest BCUT2D eigenvalue weighted by atomic mass is 10.2. The Labute approximate surface area is 122 Å². The average Bonchev–Trinajstić information content (AvgIpc) is 2.48. The van der Waals surface area contributed by atoms with E-state index in [9.17, 15) is 0 Å². The highest BCUT2D eigenvalue weighted by Crippen LogP contribution is 2.12. The van der Waals surface area contributed by atoms with E-state index in [1.54, 1.807) is 0 Å². The van der Waals surface area contributed by atoms with E-state index in [4.69, 9.17) is 4.74 Å². The van der Waals surface area contributed by atoms with E-state index in [2.05, 4.69) is 60.4 Å². The minimum atomic E-state index is 0.569. The molecule has 4 heteroatoms. The van der Waals surface area contributed by atoms with Gasteiger partial charge in [0, 0.05) is 52.0 Å². The fraction of sp³-hybridized carbons (Fsp3) is 0.625. The van der Waals surface area contributed by atoms with Crippen LogP contribution in [0.3, 0.4) is 0 Å². The van der Waals surface area contributed by atoms with Crippen LogP contribution in [0.2, 0.25) is 0 Å². The SMILES string of the molecule is CC(CNCc1ccc(N(C)C)cc1)N1CCOCC1. The number of nitrogens with one attached hydrogen (secondary N) is 1. The zero-order chi connectivity index (χ0) is 14.4. The molecule has 0 aliphatic carbocycles. The van der Waals surface area contributed by atoms with Gasteiger partial charge in [-0.3, -0.25) is 4.90 Å². The van der Waals surface area contributed by atoms with Crippen molar-refractivity contribution in [2.45, 2.75) is 19.5 Å². The summed E-state index contributed by atoms with van der Waals surface area (Å²) in [4.78, 5) is 4.61. The maximum atomic E-state index is 5.39. The average molecular weight is 277 g/mol. The first-order valence-corrected chi connectivity index (χ1v) is 7.45. The van der Waals surface area contributed by atoms with Gasteiger partial charge in [0.15, 0.2) is 0 Å². The molecule has 0 spiro atoms. The lowest BCUT2D eigenvalue weighted by Gasteiger charge is -2.32. The number of anilines is 1. The first kappa shape index (κ1) is 15.3.